The second-order valence-corrected chi connectivity index (χ2v) is 10.9. The van der Waals surface area contributed by atoms with Crippen molar-refractivity contribution in [2.45, 2.75) is 0 Å². The average molecular weight is 772 g/mol. The summed E-state index contributed by atoms with van der Waals surface area (Å²) in [7, 11) is -3.60. The summed E-state index contributed by atoms with van der Waals surface area (Å²) in [6, 6.07) is 0.583. The molecule has 7 aromatic rings. The number of benzene rings is 7. The van der Waals surface area contributed by atoms with Gasteiger partial charge in [-0.3, -0.25) is 0 Å². The summed E-state index contributed by atoms with van der Waals surface area (Å²) in [5, 5.41) is -16.2. The molecule has 0 radical (unpaired) electrons. The van der Waals surface area contributed by atoms with Crippen LogP contribution >= 0.6 is 0 Å². The Morgan fingerprint density at radius 1 is 0.321 bits per heavy atom. The minimum atomic E-state index is -3.60. The third-order valence-corrected chi connectivity index (χ3v) is 8.14. The molecule has 0 N–H and O–H groups in total. The zero-order valence-electron chi connectivity index (χ0n) is 24.4. The van der Waals surface area contributed by atoms with E-state index in [-0.39, 0.29) is 12.1 Å². The van der Waals surface area contributed by atoms with Crippen molar-refractivity contribution in [1.82, 2.24) is 0 Å². The standard InChI is InChI=1S/C32H3BF18O2/c34-4-1-2-6(5(35)3-4)52-33(15-9-13(22(42)28(48)26(15)46)23(43)30(50)29(49)16(9)36)53-32-14-8-7-10(17(37)18(38)12(8)24(44)31(32)51)20(40)27(47)21(41)11(7)19(39)25(14)45/h1-3H. The maximum Gasteiger partial charge on any atom is 0.636 e. The minimum absolute atomic E-state index is 0.0214. The van der Waals surface area contributed by atoms with E-state index in [1.54, 1.807) is 0 Å². The predicted molar refractivity (Wildman–Crippen MR) is 146 cm³/mol. The third kappa shape index (κ3) is 4.67. The number of hydrogen-bond donors (Lipinski definition) is 0. The maximum absolute atomic E-state index is 15.8. The first-order valence-electron chi connectivity index (χ1n) is 13.8. The molecule has 0 saturated heterocycles. The van der Waals surface area contributed by atoms with Crippen LogP contribution in [-0.4, -0.2) is 7.12 Å². The molecular formula is C32H3BF18O2. The Morgan fingerprint density at radius 2 is 0.679 bits per heavy atom. The van der Waals surface area contributed by atoms with Crippen LogP contribution in [-0.2, 0) is 0 Å². The smallest absolute Gasteiger partial charge is 0.520 e. The van der Waals surface area contributed by atoms with Gasteiger partial charge >= 0.3 is 7.12 Å². The first-order valence-corrected chi connectivity index (χ1v) is 13.8. The molecule has 0 atom stereocenters. The van der Waals surface area contributed by atoms with Crippen molar-refractivity contribution in [2.75, 3.05) is 0 Å². The first-order chi connectivity index (χ1) is 24.8. The fraction of sp³-hybridized carbons (Fsp3) is 0. The van der Waals surface area contributed by atoms with E-state index in [1.807, 2.05) is 0 Å². The van der Waals surface area contributed by atoms with E-state index in [0.29, 0.717) is 6.07 Å². The van der Waals surface area contributed by atoms with Crippen LogP contribution in [0.4, 0.5) is 79.0 Å². The van der Waals surface area contributed by atoms with E-state index >= 15 is 35.1 Å². The highest BCUT2D eigenvalue weighted by Crippen LogP contribution is 2.48. The van der Waals surface area contributed by atoms with Gasteiger partial charge < -0.3 is 9.31 Å². The molecule has 0 bridgehead atoms. The molecule has 7 rings (SSSR count). The summed E-state index contributed by atoms with van der Waals surface area (Å²) in [6.07, 6.45) is 0. The molecule has 0 amide bonds. The highest BCUT2D eigenvalue weighted by Gasteiger charge is 2.43. The van der Waals surface area contributed by atoms with Crippen molar-refractivity contribution in [3.05, 3.63) is 123 Å². The topological polar surface area (TPSA) is 18.5 Å². The van der Waals surface area contributed by atoms with E-state index in [9.17, 15) is 43.9 Å². The molecule has 2 nitrogen and oxygen atoms in total. The Bertz CT molecular complexity index is 2760. The van der Waals surface area contributed by atoms with E-state index in [1.165, 1.54) is 0 Å². The molecule has 0 aliphatic heterocycles. The molecule has 21 heteroatoms. The van der Waals surface area contributed by atoms with Crippen molar-refractivity contribution in [2.24, 2.45) is 0 Å². The van der Waals surface area contributed by atoms with E-state index in [0.717, 1.165) is 0 Å². The monoisotopic (exact) mass is 772 g/mol. The van der Waals surface area contributed by atoms with E-state index < -0.39 is 172 Å². The molecular weight excluding hydrogens is 769 g/mol. The van der Waals surface area contributed by atoms with Gasteiger partial charge in [0.1, 0.15) is 11.6 Å². The number of fused-ring (bicyclic) bond motifs is 1. The molecule has 0 aromatic heterocycles. The third-order valence-electron chi connectivity index (χ3n) is 8.14. The molecule has 272 valence electrons. The Hall–Kier alpha value is -5.76. The van der Waals surface area contributed by atoms with Gasteiger partial charge in [-0.25, -0.2) is 74.6 Å². The second kappa shape index (κ2) is 11.9. The van der Waals surface area contributed by atoms with Crippen molar-refractivity contribution >= 4 is 55.7 Å². The molecule has 0 fully saturated rings. The van der Waals surface area contributed by atoms with Crippen molar-refractivity contribution in [1.29, 1.82) is 0 Å². The molecule has 0 heterocycles. The highest BCUT2D eigenvalue weighted by atomic mass is 19.2. The van der Waals surface area contributed by atoms with Crippen LogP contribution < -0.4 is 14.8 Å². The number of halogens is 18. The lowest BCUT2D eigenvalue weighted by Crippen LogP contribution is -2.46. The molecule has 53 heavy (non-hydrogen) atoms. The van der Waals surface area contributed by atoms with Crippen LogP contribution in [0.3, 0.4) is 0 Å². The van der Waals surface area contributed by atoms with E-state index in [2.05, 4.69) is 0 Å². The van der Waals surface area contributed by atoms with Gasteiger partial charge in [0.2, 0.25) is 0 Å². The molecule has 7 aromatic carbocycles. The van der Waals surface area contributed by atoms with Crippen LogP contribution in [0, 0.1) is 105 Å². The highest BCUT2D eigenvalue weighted by molar-refractivity contribution is 6.66. The number of hydrogen-bond acceptors (Lipinski definition) is 2. The normalized spacial score (nSPS) is 12.0. The molecule has 0 aliphatic rings. The summed E-state index contributed by atoms with van der Waals surface area (Å²) in [5.41, 5.74) is -2.25. The minimum Gasteiger partial charge on any atom is -0.520 e. The van der Waals surface area contributed by atoms with Gasteiger partial charge in [0.15, 0.2) is 105 Å². The van der Waals surface area contributed by atoms with Crippen molar-refractivity contribution in [3.8, 4) is 11.5 Å². The molecule has 0 aliphatic carbocycles. The Morgan fingerprint density at radius 3 is 1.17 bits per heavy atom. The van der Waals surface area contributed by atoms with Gasteiger partial charge in [0.25, 0.3) is 0 Å². The Balaban J connectivity index is 1.66. The SMILES string of the molecule is Fc1ccc(OB(Oc2c(F)c(F)c3c(F)c(F)c4c(F)c(F)c(F)c5c(F)c(F)c2c3c45)c2c(F)c(F)c(F)c3c(F)c(F)c(F)c(F)c23)c(F)c1. The maximum atomic E-state index is 15.8. The Labute approximate surface area is 278 Å². The van der Waals surface area contributed by atoms with Crippen LogP contribution in [0.5, 0.6) is 11.5 Å². The summed E-state index contributed by atoms with van der Waals surface area (Å²) >= 11 is 0. The molecule has 0 saturated carbocycles. The lowest BCUT2D eigenvalue weighted by molar-refractivity contribution is 0.390. The lowest BCUT2D eigenvalue weighted by Gasteiger charge is -2.23. The average Bonchev–Trinajstić information content (AvgIpc) is 3.11. The second-order valence-electron chi connectivity index (χ2n) is 10.9. The van der Waals surface area contributed by atoms with Crippen LogP contribution in [0.2, 0.25) is 0 Å². The zero-order chi connectivity index (χ0) is 38.9. The summed E-state index contributed by atoms with van der Waals surface area (Å²) in [5.74, 6) is -51.0. The number of rotatable bonds is 5. The quantitative estimate of drug-likeness (QED) is 0.0571. The van der Waals surface area contributed by atoms with Gasteiger partial charge in [-0.1, -0.05) is 0 Å². The van der Waals surface area contributed by atoms with Crippen LogP contribution in [0.1, 0.15) is 0 Å². The van der Waals surface area contributed by atoms with Crippen LogP contribution in [0.25, 0.3) is 43.1 Å². The van der Waals surface area contributed by atoms with Gasteiger partial charge in [-0.05, 0) is 12.1 Å². The fourth-order valence-electron chi connectivity index (χ4n) is 5.89. The molecule has 0 spiro atoms. The lowest BCUT2D eigenvalue weighted by atomic mass is 9.74. The summed E-state index contributed by atoms with van der Waals surface area (Å²) in [4.78, 5) is 0. The Kier molecular flexibility index (Phi) is 7.99. The van der Waals surface area contributed by atoms with E-state index in [4.69, 9.17) is 9.31 Å². The predicted octanol–water partition coefficient (Wildman–Crippen LogP) is 10.1. The van der Waals surface area contributed by atoms with Gasteiger partial charge in [0, 0.05) is 22.2 Å². The largest absolute Gasteiger partial charge is 0.636 e. The van der Waals surface area contributed by atoms with Gasteiger partial charge in [0.05, 0.1) is 32.4 Å². The van der Waals surface area contributed by atoms with Crippen LogP contribution in [0.15, 0.2) is 18.2 Å². The van der Waals surface area contributed by atoms with Gasteiger partial charge in [-0.2, -0.15) is 4.39 Å². The van der Waals surface area contributed by atoms with Crippen molar-refractivity contribution < 1.29 is 88.3 Å². The first kappa shape index (κ1) is 35.6. The van der Waals surface area contributed by atoms with Crippen molar-refractivity contribution in [3.63, 3.8) is 0 Å². The summed E-state index contributed by atoms with van der Waals surface area (Å²) in [6.45, 7) is 0. The molecule has 0 unspecified atom stereocenters. The zero-order valence-corrected chi connectivity index (χ0v) is 24.4. The fourth-order valence-corrected chi connectivity index (χ4v) is 5.89. The van der Waals surface area contributed by atoms with Gasteiger partial charge in [-0.15, -0.1) is 0 Å². The summed E-state index contributed by atoms with van der Waals surface area (Å²) < 4.78 is 279.